The van der Waals surface area contributed by atoms with E-state index in [1.165, 1.54) is 6.42 Å². The molecule has 2 aromatic rings. The number of imidazole rings is 1. The van der Waals surface area contributed by atoms with E-state index in [0.29, 0.717) is 19.6 Å². The molecule has 1 saturated heterocycles. The Morgan fingerprint density at radius 2 is 2.08 bits per heavy atom. The number of aliphatic hydroxyl groups is 1. The van der Waals surface area contributed by atoms with E-state index in [9.17, 15) is 9.90 Å². The molecule has 25 heavy (non-hydrogen) atoms. The van der Waals surface area contributed by atoms with Gasteiger partial charge in [0.25, 0.3) is 0 Å². The van der Waals surface area contributed by atoms with Gasteiger partial charge in [0.15, 0.2) is 0 Å². The van der Waals surface area contributed by atoms with Gasteiger partial charge in [0.05, 0.1) is 12.4 Å². The Kier molecular flexibility index (Phi) is 4.44. The van der Waals surface area contributed by atoms with Crippen LogP contribution in [0.3, 0.4) is 0 Å². The predicted octanol–water partition coefficient (Wildman–Crippen LogP) is 2.17. The van der Waals surface area contributed by atoms with Gasteiger partial charge in [-0.15, -0.1) is 0 Å². The number of nitrogens with zero attached hydrogens (tertiary/aromatic N) is 3. The largest absolute Gasteiger partial charge is 0.392 e. The smallest absolute Gasteiger partial charge is 0.317 e. The minimum Gasteiger partial charge on any atom is -0.392 e. The Balaban J connectivity index is 1.37. The predicted molar refractivity (Wildman–Crippen MR) is 94.2 cm³/mol. The molecule has 4 rings (SSSR count). The first-order valence-electron chi connectivity index (χ1n) is 8.99. The molecule has 1 aromatic carbocycles. The highest BCUT2D eigenvalue weighted by molar-refractivity contribution is 5.74. The first-order chi connectivity index (χ1) is 12.2. The lowest BCUT2D eigenvalue weighted by atomic mass is 9.75. The summed E-state index contributed by atoms with van der Waals surface area (Å²) in [5.74, 6) is 0.477. The van der Waals surface area contributed by atoms with E-state index in [2.05, 4.69) is 16.4 Å². The molecular formula is C19H24N4O2. The van der Waals surface area contributed by atoms with Crippen LogP contribution < -0.4 is 5.32 Å². The average molecular weight is 340 g/mol. The normalized spacial score (nSPS) is 25.6. The fraction of sp³-hybridized carbons (Fsp3) is 0.474. The van der Waals surface area contributed by atoms with E-state index in [0.717, 1.165) is 24.1 Å². The molecule has 1 aromatic heterocycles. The molecule has 2 bridgehead atoms. The molecule has 2 heterocycles. The third-order valence-electron chi connectivity index (χ3n) is 5.47. The van der Waals surface area contributed by atoms with Gasteiger partial charge < -0.3 is 19.9 Å². The number of urea groups is 1. The van der Waals surface area contributed by atoms with Crippen molar-refractivity contribution < 1.29 is 9.90 Å². The van der Waals surface area contributed by atoms with Crippen molar-refractivity contribution in [1.29, 1.82) is 0 Å². The molecule has 2 aliphatic rings. The number of aromatic nitrogens is 2. The minimum absolute atomic E-state index is 0.0307. The Morgan fingerprint density at radius 1 is 1.28 bits per heavy atom. The lowest BCUT2D eigenvalue weighted by Gasteiger charge is -2.44. The van der Waals surface area contributed by atoms with Crippen LogP contribution in [0.4, 0.5) is 4.79 Å². The number of likely N-dealkylation sites (tertiary alicyclic amines) is 1. The monoisotopic (exact) mass is 340 g/mol. The summed E-state index contributed by atoms with van der Waals surface area (Å²) in [6.45, 7) is 1.83. The van der Waals surface area contributed by atoms with Gasteiger partial charge in [-0.1, -0.05) is 18.6 Å². The molecule has 1 aliphatic heterocycles. The molecule has 3 atom stereocenters. The summed E-state index contributed by atoms with van der Waals surface area (Å²) in [5, 5.41) is 13.3. The highest BCUT2D eigenvalue weighted by Crippen LogP contribution is 2.34. The molecule has 132 valence electrons. The second kappa shape index (κ2) is 6.88. The van der Waals surface area contributed by atoms with Crippen molar-refractivity contribution >= 4 is 6.03 Å². The maximum Gasteiger partial charge on any atom is 0.317 e. The number of hydrogen-bond acceptors (Lipinski definition) is 3. The van der Waals surface area contributed by atoms with Gasteiger partial charge in [-0.25, -0.2) is 9.78 Å². The number of rotatable bonds is 3. The number of carbonyl (C=O) groups excluding carboxylic acids is 1. The second-order valence-corrected chi connectivity index (χ2v) is 7.15. The number of fused-ring (bicyclic) bond motifs is 2. The van der Waals surface area contributed by atoms with E-state index < -0.39 is 0 Å². The van der Waals surface area contributed by atoms with Gasteiger partial charge in [-0.05, 0) is 30.5 Å². The number of nitrogens with one attached hydrogen (secondary N) is 1. The fourth-order valence-electron chi connectivity index (χ4n) is 4.10. The van der Waals surface area contributed by atoms with Gasteiger partial charge in [-0.2, -0.15) is 0 Å². The highest BCUT2D eigenvalue weighted by Gasteiger charge is 2.39. The average Bonchev–Trinajstić information content (AvgIpc) is 3.14. The lowest BCUT2D eigenvalue weighted by Crippen LogP contribution is -2.55. The third-order valence-corrected chi connectivity index (χ3v) is 5.47. The van der Waals surface area contributed by atoms with Gasteiger partial charge in [0, 0.05) is 49.6 Å². The van der Waals surface area contributed by atoms with Crippen LogP contribution in [0, 0.1) is 11.8 Å². The first kappa shape index (κ1) is 16.1. The highest BCUT2D eigenvalue weighted by atomic mass is 16.3. The maximum atomic E-state index is 12.5. The summed E-state index contributed by atoms with van der Waals surface area (Å²) in [6, 6.07) is 8.03. The molecule has 1 saturated carbocycles. The zero-order chi connectivity index (χ0) is 17.2. The number of aliphatic hydroxyl groups excluding tert-OH is 1. The Hall–Kier alpha value is -2.34. The van der Waals surface area contributed by atoms with E-state index in [1.54, 1.807) is 12.5 Å². The van der Waals surface area contributed by atoms with E-state index >= 15 is 0 Å². The second-order valence-electron chi connectivity index (χ2n) is 7.15. The van der Waals surface area contributed by atoms with Crippen molar-refractivity contribution in [3.05, 3.63) is 48.5 Å². The zero-order valence-corrected chi connectivity index (χ0v) is 14.2. The van der Waals surface area contributed by atoms with Crippen molar-refractivity contribution in [3.63, 3.8) is 0 Å². The third kappa shape index (κ3) is 3.39. The number of hydrogen-bond donors (Lipinski definition) is 2. The summed E-state index contributed by atoms with van der Waals surface area (Å²) in [7, 11) is 0. The van der Waals surface area contributed by atoms with E-state index in [1.807, 2.05) is 33.9 Å². The molecule has 1 unspecified atom stereocenters. The van der Waals surface area contributed by atoms with Crippen LogP contribution in [-0.2, 0) is 6.54 Å². The number of amides is 2. The molecule has 2 N–H and O–H groups in total. The van der Waals surface area contributed by atoms with Gasteiger partial charge in [-0.3, -0.25) is 0 Å². The van der Waals surface area contributed by atoms with Crippen LogP contribution in [0.1, 0.15) is 24.8 Å². The molecule has 2 amide bonds. The zero-order valence-electron chi connectivity index (χ0n) is 14.2. The van der Waals surface area contributed by atoms with E-state index in [-0.39, 0.29) is 24.0 Å². The van der Waals surface area contributed by atoms with Crippen LogP contribution in [0.2, 0.25) is 0 Å². The first-order valence-corrected chi connectivity index (χ1v) is 8.99. The van der Waals surface area contributed by atoms with Crippen LogP contribution in [0.25, 0.3) is 5.69 Å². The quantitative estimate of drug-likeness (QED) is 0.900. The Labute approximate surface area is 147 Å². The lowest BCUT2D eigenvalue weighted by molar-refractivity contribution is -0.0367. The molecule has 6 nitrogen and oxygen atoms in total. The van der Waals surface area contributed by atoms with Gasteiger partial charge in [0.2, 0.25) is 0 Å². The van der Waals surface area contributed by atoms with Crippen LogP contribution in [0.15, 0.2) is 43.0 Å². The molecular weight excluding hydrogens is 316 g/mol. The molecule has 0 spiro atoms. The van der Waals surface area contributed by atoms with Crippen LogP contribution >= 0.6 is 0 Å². The number of carbonyl (C=O) groups is 1. The fourth-order valence-corrected chi connectivity index (χ4v) is 4.10. The number of piperidine rings is 1. The maximum absolute atomic E-state index is 12.5. The summed E-state index contributed by atoms with van der Waals surface area (Å²) in [4.78, 5) is 18.5. The summed E-state index contributed by atoms with van der Waals surface area (Å²) in [6.07, 6.45) is 8.39. The van der Waals surface area contributed by atoms with Crippen LogP contribution in [0.5, 0.6) is 0 Å². The summed E-state index contributed by atoms with van der Waals surface area (Å²) < 4.78 is 1.94. The SMILES string of the molecule is O=C(NCc1cccc(-n2ccnc2)c1)N1C[C@H]2CCC[C@@H](C1)C2O. The Morgan fingerprint density at radius 3 is 2.80 bits per heavy atom. The van der Waals surface area contributed by atoms with Gasteiger partial charge in [0.1, 0.15) is 0 Å². The standard InChI is InChI=1S/C19H24N4O2/c24-18-15-4-2-5-16(18)12-23(11-15)19(25)21-10-14-3-1-6-17(9-14)22-8-7-20-13-22/h1,3,6-9,13,15-16,18,24H,2,4-5,10-12H2,(H,21,25)/t15-,16+,18?. The molecule has 6 heteroatoms. The summed E-state index contributed by atoms with van der Waals surface area (Å²) >= 11 is 0. The Bertz CT molecular complexity index is 717. The number of benzene rings is 1. The minimum atomic E-state index is -0.232. The molecule has 1 aliphatic carbocycles. The van der Waals surface area contributed by atoms with Crippen molar-refractivity contribution in [2.24, 2.45) is 11.8 Å². The van der Waals surface area contributed by atoms with Crippen molar-refractivity contribution in [3.8, 4) is 5.69 Å². The van der Waals surface area contributed by atoms with Crippen LogP contribution in [-0.4, -0.2) is 44.8 Å². The van der Waals surface area contributed by atoms with Crippen molar-refractivity contribution in [2.45, 2.75) is 31.9 Å². The van der Waals surface area contributed by atoms with Crippen molar-refractivity contribution in [2.75, 3.05) is 13.1 Å². The summed E-state index contributed by atoms with van der Waals surface area (Å²) in [5.41, 5.74) is 2.08. The molecule has 0 radical (unpaired) electrons. The van der Waals surface area contributed by atoms with Crippen molar-refractivity contribution in [1.82, 2.24) is 19.8 Å². The topological polar surface area (TPSA) is 70.4 Å². The van der Waals surface area contributed by atoms with E-state index in [4.69, 9.17) is 0 Å². The molecule has 2 fully saturated rings. The van der Waals surface area contributed by atoms with Gasteiger partial charge >= 0.3 is 6.03 Å².